The largest absolute Gasteiger partial charge is 0.488 e. The van der Waals surface area contributed by atoms with Crippen LogP contribution in [0.1, 0.15) is 36.6 Å². The van der Waals surface area contributed by atoms with E-state index in [9.17, 15) is 32.7 Å². The lowest BCUT2D eigenvalue weighted by Gasteiger charge is -2.30. The lowest BCUT2D eigenvalue weighted by atomic mass is 10.0. The van der Waals surface area contributed by atoms with Crippen LogP contribution in [0.2, 0.25) is 0 Å². The van der Waals surface area contributed by atoms with Crippen molar-refractivity contribution in [3.63, 3.8) is 0 Å². The van der Waals surface area contributed by atoms with Crippen LogP contribution in [0.3, 0.4) is 0 Å². The summed E-state index contributed by atoms with van der Waals surface area (Å²) in [6.07, 6.45) is 0.547. The molecule has 0 amide bonds. The minimum absolute atomic E-state index is 0.0218. The molecule has 5 rings (SSSR count). The number of carbonyl (C=O) groups excluding carboxylic acids is 3. The molecule has 13 nitrogen and oxygen atoms in total. The van der Waals surface area contributed by atoms with Gasteiger partial charge in [-0.1, -0.05) is 6.58 Å². The second kappa shape index (κ2) is 14.1. The summed E-state index contributed by atoms with van der Waals surface area (Å²) < 4.78 is 70.4. The van der Waals surface area contributed by atoms with Gasteiger partial charge in [0.1, 0.15) is 41.8 Å². The molecule has 0 radical (unpaired) electrons. The zero-order valence-electron chi connectivity index (χ0n) is 24.0. The number of aromatic nitrogens is 4. The number of rotatable bonds is 11. The molecule has 0 unspecified atom stereocenters. The van der Waals surface area contributed by atoms with Crippen LogP contribution in [-0.2, 0) is 23.7 Å². The van der Waals surface area contributed by atoms with Gasteiger partial charge in [0.05, 0.1) is 0 Å². The molecule has 4 aromatic rings. The predicted octanol–water partition coefficient (Wildman–Crippen LogP) is 3.07. The first-order chi connectivity index (χ1) is 22.6. The van der Waals surface area contributed by atoms with Crippen molar-refractivity contribution in [3.8, 4) is 0 Å². The van der Waals surface area contributed by atoms with Crippen LogP contribution in [0.4, 0.5) is 13.2 Å². The zero-order valence-corrected chi connectivity index (χ0v) is 24.0. The van der Waals surface area contributed by atoms with E-state index in [1.807, 2.05) is 0 Å². The first kappa shape index (κ1) is 32.6. The van der Waals surface area contributed by atoms with Crippen molar-refractivity contribution in [2.75, 3.05) is 13.2 Å². The van der Waals surface area contributed by atoms with Crippen LogP contribution in [0.15, 0.2) is 86.1 Å². The molecule has 0 spiro atoms. The van der Waals surface area contributed by atoms with Crippen molar-refractivity contribution in [2.45, 2.75) is 24.1 Å². The molecule has 0 bridgehead atoms. The average Bonchev–Trinajstić information content (AvgIpc) is 3.33. The molecule has 0 aliphatic carbocycles. The van der Waals surface area contributed by atoms with Crippen LogP contribution < -0.4 is 0 Å². The Balaban J connectivity index is 1.48. The van der Waals surface area contributed by atoms with Gasteiger partial charge < -0.3 is 28.8 Å². The summed E-state index contributed by atoms with van der Waals surface area (Å²) in [6.45, 7) is 2.06. The van der Waals surface area contributed by atoms with Gasteiger partial charge in [-0.3, -0.25) is 4.98 Å². The maximum absolute atomic E-state index is 14.4. The Morgan fingerprint density at radius 2 is 1.32 bits per heavy atom. The van der Waals surface area contributed by atoms with Crippen molar-refractivity contribution >= 4 is 23.7 Å². The molecule has 242 valence electrons. The Morgan fingerprint density at radius 3 is 1.85 bits per heavy atom. The van der Waals surface area contributed by atoms with Gasteiger partial charge in [0.15, 0.2) is 12.2 Å². The molecular formula is C31H23F3N4O9. The van der Waals surface area contributed by atoms with Crippen molar-refractivity contribution in [1.29, 1.82) is 0 Å². The van der Waals surface area contributed by atoms with Gasteiger partial charge in [-0.25, -0.2) is 29.3 Å². The van der Waals surface area contributed by atoms with E-state index >= 15 is 0 Å². The van der Waals surface area contributed by atoms with Crippen molar-refractivity contribution in [1.82, 2.24) is 19.9 Å². The third kappa shape index (κ3) is 7.40. The molecular weight excluding hydrogens is 629 g/mol. The van der Waals surface area contributed by atoms with Crippen molar-refractivity contribution < 1.29 is 56.3 Å². The number of aliphatic hydroxyl groups is 1. The number of hydrogen-bond donors (Lipinski definition) is 1. The first-order valence-electron chi connectivity index (χ1n) is 13.6. The van der Waals surface area contributed by atoms with E-state index < -0.39 is 89.8 Å². The average molecular weight is 653 g/mol. The van der Waals surface area contributed by atoms with E-state index in [2.05, 4.69) is 26.5 Å². The third-order valence-corrected chi connectivity index (χ3v) is 6.69. The van der Waals surface area contributed by atoms with Gasteiger partial charge in [-0.2, -0.15) is 13.2 Å². The Hall–Kier alpha value is -5.74. The Labute approximate surface area is 263 Å². The Kier molecular flexibility index (Phi) is 9.82. The van der Waals surface area contributed by atoms with Crippen LogP contribution >= 0.6 is 0 Å². The van der Waals surface area contributed by atoms with E-state index in [0.717, 1.165) is 36.8 Å². The summed E-state index contributed by atoms with van der Waals surface area (Å²) in [5.41, 5.74) is -1.49. The summed E-state index contributed by atoms with van der Waals surface area (Å²) in [6, 6.07) is 10.1. The van der Waals surface area contributed by atoms with Crippen LogP contribution in [-0.4, -0.2) is 80.3 Å². The van der Waals surface area contributed by atoms with Gasteiger partial charge in [-0.15, -0.1) is 0 Å². The summed E-state index contributed by atoms with van der Waals surface area (Å²) in [7, 11) is 0. The van der Waals surface area contributed by atoms with Gasteiger partial charge in [0.25, 0.3) is 0 Å². The van der Waals surface area contributed by atoms with Gasteiger partial charge in [-0.05, 0) is 48.5 Å². The molecule has 47 heavy (non-hydrogen) atoms. The second-order valence-corrected chi connectivity index (χ2v) is 9.77. The molecule has 4 aromatic heterocycles. The molecule has 1 aliphatic heterocycles. The zero-order chi connectivity index (χ0) is 33.6. The normalized spacial score (nSPS) is 20.2. The number of nitrogens with zero attached hydrogens (tertiary/aromatic N) is 4. The lowest BCUT2D eigenvalue weighted by Crippen LogP contribution is -2.50. The fraction of sp³-hybridized carbons (Fsp3) is 0.194. The fourth-order valence-electron chi connectivity index (χ4n) is 4.41. The van der Waals surface area contributed by atoms with E-state index in [1.165, 1.54) is 30.6 Å². The molecule has 0 saturated carbocycles. The van der Waals surface area contributed by atoms with Crippen LogP contribution in [0, 0.1) is 17.8 Å². The highest BCUT2D eigenvalue weighted by molar-refractivity contribution is 5.91. The molecule has 5 heterocycles. The van der Waals surface area contributed by atoms with E-state index in [1.54, 1.807) is 12.1 Å². The third-order valence-electron chi connectivity index (χ3n) is 6.69. The Morgan fingerprint density at radius 1 is 0.787 bits per heavy atom. The molecule has 0 aromatic carbocycles. The highest BCUT2D eigenvalue weighted by Crippen LogP contribution is 2.36. The lowest BCUT2D eigenvalue weighted by molar-refractivity contribution is -0.246. The Bertz CT molecular complexity index is 1800. The summed E-state index contributed by atoms with van der Waals surface area (Å²) >= 11 is 0. The van der Waals surface area contributed by atoms with Crippen LogP contribution in [0.5, 0.6) is 0 Å². The SMILES string of the molecule is C=C(OC[C@@]1(O)O[C@H](COC(=O)c2cccnc2F)[C@@H](OC(=O)c2cccnc2F)[C@@H]1OC(=O)c1cccnc1F)c1cccnc1. The van der Waals surface area contributed by atoms with Crippen molar-refractivity contribution in [2.24, 2.45) is 0 Å². The minimum atomic E-state index is -2.71. The number of hydrogen-bond acceptors (Lipinski definition) is 13. The van der Waals surface area contributed by atoms with E-state index in [0.29, 0.717) is 5.56 Å². The highest BCUT2D eigenvalue weighted by Gasteiger charge is 2.60. The maximum Gasteiger partial charge on any atom is 0.343 e. The monoisotopic (exact) mass is 652 g/mol. The van der Waals surface area contributed by atoms with Gasteiger partial charge in [0.2, 0.25) is 23.6 Å². The minimum Gasteiger partial charge on any atom is -0.488 e. The molecule has 1 fully saturated rings. The molecule has 1 saturated heterocycles. The summed E-state index contributed by atoms with van der Waals surface area (Å²) in [4.78, 5) is 53.0. The molecule has 4 atom stereocenters. The highest BCUT2D eigenvalue weighted by atomic mass is 19.1. The number of carbonyl (C=O) groups is 3. The quantitative estimate of drug-likeness (QED) is 0.109. The first-order valence-corrected chi connectivity index (χ1v) is 13.6. The topological polar surface area (TPSA) is 169 Å². The number of halogens is 3. The number of pyridine rings is 4. The number of ether oxygens (including phenoxy) is 5. The number of esters is 3. The van der Waals surface area contributed by atoms with Gasteiger partial charge >= 0.3 is 17.9 Å². The van der Waals surface area contributed by atoms with E-state index in [-0.39, 0.29) is 5.76 Å². The molecule has 1 aliphatic rings. The van der Waals surface area contributed by atoms with E-state index in [4.69, 9.17) is 23.7 Å². The smallest absolute Gasteiger partial charge is 0.343 e. The summed E-state index contributed by atoms with van der Waals surface area (Å²) in [5, 5.41) is 11.7. The van der Waals surface area contributed by atoms with Gasteiger partial charge in [0, 0.05) is 36.5 Å². The molecule has 16 heteroatoms. The maximum atomic E-state index is 14.4. The summed E-state index contributed by atoms with van der Waals surface area (Å²) in [5.74, 6) is -10.3. The molecule has 1 N–H and O–H groups in total. The second-order valence-electron chi connectivity index (χ2n) is 9.77. The van der Waals surface area contributed by atoms with Crippen molar-refractivity contribution in [3.05, 3.63) is 126 Å². The fourth-order valence-corrected chi connectivity index (χ4v) is 4.41. The van der Waals surface area contributed by atoms with Crippen LogP contribution in [0.25, 0.3) is 5.76 Å². The standard InChI is InChI=1S/C31H23F3N4O9/c1-17(18-6-2-10-35-14-18)44-16-31(42)24(46-30(41)21-9-5-13-38-27(21)34)23(45-29(40)20-8-4-12-37-26(20)33)22(47-31)15-43-28(39)19-7-3-11-36-25(19)32/h2-14,22-24,42H,1,15-16H2/t22-,23-,24+,31-/m1/s1. The predicted molar refractivity (Wildman–Crippen MR) is 150 cm³/mol.